The number of ether oxygens (including phenoxy) is 1. The Morgan fingerprint density at radius 2 is 1.54 bits per heavy atom. The van der Waals surface area contributed by atoms with Crippen molar-refractivity contribution in [1.82, 2.24) is 10.2 Å². The van der Waals surface area contributed by atoms with Gasteiger partial charge in [-0.05, 0) is 48.0 Å². The zero-order valence-electron chi connectivity index (χ0n) is 21.1. The number of nitrogens with zero attached hydrogens (tertiary/aromatic N) is 1. The lowest BCUT2D eigenvalue weighted by Gasteiger charge is -2.26. The summed E-state index contributed by atoms with van der Waals surface area (Å²) in [4.78, 5) is 38.6. The Hall–Kier alpha value is -4.00. The van der Waals surface area contributed by atoms with Gasteiger partial charge in [0.05, 0.1) is 51.3 Å². The lowest BCUT2D eigenvalue weighted by atomic mass is 10.1. The Labute approximate surface area is 242 Å². The second-order valence-corrected chi connectivity index (χ2v) is 9.72. The summed E-state index contributed by atoms with van der Waals surface area (Å²) < 4.78 is 45.6. The van der Waals surface area contributed by atoms with Crippen LogP contribution in [0.1, 0.15) is 31.8 Å². The Kier molecular flexibility index (Phi) is 9.26. The molecule has 14 heteroatoms. The molecule has 4 N–H and O–H groups in total. The smallest absolute Gasteiger partial charge is 0.416 e. The average molecular weight is 611 g/mol. The largest absolute Gasteiger partial charge is 0.478 e. The molecule has 0 spiro atoms. The number of hydrogen-bond acceptors (Lipinski definition) is 5. The third kappa shape index (κ3) is 7.60. The Morgan fingerprint density at radius 1 is 0.902 bits per heavy atom. The van der Waals surface area contributed by atoms with E-state index in [4.69, 9.17) is 27.9 Å². The van der Waals surface area contributed by atoms with Crippen LogP contribution < -0.4 is 16.0 Å². The van der Waals surface area contributed by atoms with Crippen LogP contribution in [0.3, 0.4) is 0 Å². The van der Waals surface area contributed by atoms with Gasteiger partial charge < -0.3 is 30.7 Å². The summed E-state index contributed by atoms with van der Waals surface area (Å²) in [6, 6.07) is 11.3. The molecule has 0 radical (unpaired) electrons. The van der Waals surface area contributed by atoms with Gasteiger partial charge in [-0.15, -0.1) is 0 Å². The molecule has 1 heterocycles. The highest BCUT2D eigenvalue weighted by Crippen LogP contribution is 2.36. The summed E-state index contributed by atoms with van der Waals surface area (Å²) in [7, 11) is 0. The van der Waals surface area contributed by atoms with Crippen molar-refractivity contribution in [3.63, 3.8) is 0 Å². The normalized spacial score (nSPS) is 13.4. The first-order valence-electron chi connectivity index (χ1n) is 12.1. The number of carbonyl (C=O) groups is 3. The Morgan fingerprint density at radius 3 is 2.15 bits per heavy atom. The third-order valence-corrected chi connectivity index (χ3v) is 6.83. The zero-order valence-corrected chi connectivity index (χ0v) is 22.7. The van der Waals surface area contributed by atoms with Gasteiger partial charge >= 0.3 is 18.2 Å². The molecule has 41 heavy (non-hydrogen) atoms. The average Bonchev–Trinajstić information content (AvgIpc) is 2.94. The summed E-state index contributed by atoms with van der Waals surface area (Å²) in [6.45, 7) is 2.23. The van der Waals surface area contributed by atoms with E-state index in [2.05, 4.69) is 16.0 Å². The number of morpholine rings is 1. The summed E-state index contributed by atoms with van der Waals surface area (Å²) in [5.41, 5.74) is -0.792. The number of urea groups is 1. The van der Waals surface area contributed by atoms with Crippen molar-refractivity contribution >= 4 is 58.2 Å². The van der Waals surface area contributed by atoms with Crippen molar-refractivity contribution in [2.75, 3.05) is 36.9 Å². The minimum Gasteiger partial charge on any atom is -0.478 e. The van der Waals surface area contributed by atoms with Crippen molar-refractivity contribution in [3.8, 4) is 0 Å². The third-order valence-electron chi connectivity index (χ3n) is 6.11. The number of alkyl halides is 3. The van der Waals surface area contributed by atoms with Gasteiger partial charge in [0, 0.05) is 25.3 Å². The van der Waals surface area contributed by atoms with Gasteiger partial charge in [-0.2, -0.15) is 13.2 Å². The molecule has 1 saturated heterocycles. The van der Waals surface area contributed by atoms with Crippen molar-refractivity contribution < 1.29 is 37.4 Å². The van der Waals surface area contributed by atoms with Gasteiger partial charge in [-0.25, -0.2) is 9.59 Å². The molecule has 1 aliphatic rings. The molecular weight excluding hydrogens is 588 g/mol. The van der Waals surface area contributed by atoms with E-state index in [9.17, 15) is 32.7 Å². The van der Waals surface area contributed by atoms with Crippen LogP contribution in [0.5, 0.6) is 0 Å². The van der Waals surface area contributed by atoms with Gasteiger partial charge in [-0.1, -0.05) is 35.3 Å². The molecular formula is C27H23Cl2F3N4O5. The summed E-state index contributed by atoms with van der Waals surface area (Å²) in [5, 5.41) is 17.4. The number of halogens is 5. The fraction of sp³-hybridized carbons (Fsp3) is 0.222. The maximum Gasteiger partial charge on any atom is 0.416 e. The maximum absolute atomic E-state index is 13.5. The molecule has 3 amide bonds. The molecule has 1 aliphatic heterocycles. The molecule has 0 aromatic heterocycles. The van der Waals surface area contributed by atoms with E-state index >= 15 is 0 Å². The number of nitrogens with one attached hydrogen (secondary N) is 3. The standard InChI is InChI=1S/C27H23Cl2F3N4O5/c28-20-12-18(19(25(38)39)13-21(20)29)24(37)35-23-11-16(27(30,31)32)3-6-22(23)34-17-4-1-15(2-5-17)14-33-26(40)36-7-9-41-10-8-36/h1-6,11-13,34H,7-10,14H2,(H,33,40)(H,35,37)(H,38,39). The molecule has 3 aromatic carbocycles. The number of carboxylic acid groups (broad SMARTS) is 1. The van der Waals surface area contributed by atoms with Crippen molar-refractivity contribution in [3.05, 3.63) is 86.9 Å². The Bertz CT molecular complexity index is 1460. The summed E-state index contributed by atoms with van der Waals surface area (Å²) in [5.74, 6) is -2.48. The SMILES string of the molecule is O=C(O)c1cc(Cl)c(Cl)cc1C(=O)Nc1cc(C(F)(F)F)ccc1Nc1ccc(CNC(=O)N2CCOCC2)cc1. The predicted molar refractivity (Wildman–Crippen MR) is 147 cm³/mol. The molecule has 1 fully saturated rings. The highest BCUT2D eigenvalue weighted by Gasteiger charge is 2.31. The van der Waals surface area contributed by atoms with Gasteiger partial charge in [0.2, 0.25) is 0 Å². The predicted octanol–water partition coefficient (Wildman–Crippen LogP) is 6.25. The van der Waals surface area contributed by atoms with E-state index in [1.54, 1.807) is 29.2 Å². The van der Waals surface area contributed by atoms with Crippen LogP contribution in [0.4, 0.5) is 35.0 Å². The topological polar surface area (TPSA) is 120 Å². The minimum absolute atomic E-state index is 0.105. The first-order valence-corrected chi connectivity index (χ1v) is 12.9. The number of carboxylic acids is 1. The maximum atomic E-state index is 13.5. The first kappa shape index (κ1) is 30.0. The summed E-state index contributed by atoms with van der Waals surface area (Å²) in [6.07, 6.45) is -4.71. The minimum atomic E-state index is -4.71. The molecule has 9 nitrogen and oxygen atoms in total. The van der Waals surface area contributed by atoms with Gasteiger partial charge in [0.25, 0.3) is 5.91 Å². The van der Waals surface area contributed by atoms with Gasteiger partial charge in [0.1, 0.15) is 0 Å². The number of benzene rings is 3. The highest BCUT2D eigenvalue weighted by atomic mass is 35.5. The second-order valence-electron chi connectivity index (χ2n) is 8.91. The van der Waals surface area contributed by atoms with Crippen LogP contribution in [0.2, 0.25) is 10.0 Å². The van der Waals surface area contributed by atoms with E-state index in [1.807, 2.05) is 0 Å². The fourth-order valence-electron chi connectivity index (χ4n) is 3.95. The van der Waals surface area contributed by atoms with Crippen LogP contribution >= 0.6 is 23.2 Å². The Balaban J connectivity index is 1.53. The van der Waals surface area contributed by atoms with Crippen molar-refractivity contribution in [1.29, 1.82) is 0 Å². The number of aromatic carboxylic acids is 1. The molecule has 0 bridgehead atoms. The lowest BCUT2D eigenvalue weighted by molar-refractivity contribution is -0.137. The van der Waals surface area contributed by atoms with Crippen LogP contribution in [0.15, 0.2) is 54.6 Å². The molecule has 3 aromatic rings. The van der Waals surface area contributed by atoms with Crippen LogP contribution in [0.25, 0.3) is 0 Å². The molecule has 0 atom stereocenters. The van der Waals surface area contributed by atoms with Gasteiger partial charge in [0.15, 0.2) is 0 Å². The zero-order chi connectivity index (χ0) is 29.7. The fourth-order valence-corrected chi connectivity index (χ4v) is 4.28. The first-order chi connectivity index (χ1) is 19.4. The van der Waals surface area contributed by atoms with Crippen molar-refractivity contribution in [2.24, 2.45) is 0 Å². The summed E-state index contributed by atoms with van der Waals surface area (Å²) >= 11 is 11.8. The van der Waals surface area contributed by atoms with E-state index in [0.29, 0.717) is 32.0 Å². The monoisotopic (exact) mass is 610 g/mol. The van der Waals surface area contributed by atoms with Crippen LogP contribution in [0, 0.1) is 0 Å². The molecule has 216 valence electrons. The van der Waals surface area contributed by atoms with Crippen LogP contribution in [-0.4, -0.2) is 54.2 Å². The van der Waals surface area contributed by atoms with E-state index in [1.165, 1.54) is 0 Å². The van der Waals surface area contributed by atoms with E-state index in [-0.39, 0.29) is 34.0 Å². The van der Waals surface area contributed by atoms with E-state index < -0.39 is 34.7 Å². The number of amides is 3. The molecule has 4 rings (SSSR count). The lowest BCUT2D eigenvalue weighted by Crippen LogP contribution is -2.45. The molecule has 0 aliphatic carbocycles. The number of carbonyl (C=O) groups excluding carboxylic acids is 2. The number of rotatable bonds is 7. The van der Waals surface area contributed by atoms with E-state index in [0.717, 1.165) is 35.9 Å². The second kappa shape index (κ2) is 12.7. The quantitative estimate of drug-likeness (QED) is 0.251. The van der Waals surface area contributed by atoms with Gasteiger partial charge in [-0.3, -0.25) is 4.79 Å². The molecule has 0 unspecified atom stereocenters. The highest BCUT2D eigenvalue weighted by molar-refractivity contribution is 6.42. The van der Waals surface area contributed by atoms with Crippen LogP contribution in [-0.2, 0) is 17.5 Å². The number of anilines is 3. The van der Waals surface area contributed by atoms with Crippen molar-refractivity contribution in [2.45, 2.75) is 12.7 Å². The molecule has 0 saturated carbocycles. The number of hydrogen-bond donors (Lipinski definition) is 4.